The Kier molecular flexibility index (Phi) is 5.06. The maximum Gasteiger partial charge on any atom is 0.295 e. The molecule has 3 N–H and O–H groups in total. The quantitative estimate of drug-likeness (QED) is 0.822. The van der Waals surface area contributed by atoms with Crippen LogP contribution in [-0.2, 0) is 21.8 Å². The lowest BCUT2D eigenvalue weighted by atomic mass is 9.62. The van der Waals surface area contributed by atoms with Crippen LogP contribution in [0.25, 0.3) is 0 Å². The molecule has 0 saturated carbocycles. The molecule has 0 aliphatic rings. The molecule has 0 radical (unpaired) electrons. The van der Waals surface area contributed by atoms with Crippen LogP contribution < -0.4 is 5.14 Å². The van der Waals surface area contributed by atoms with Gasteiger partial charge in [0, 0.05) is 6.20 Å². The first-order valence-electron chi connectivity index (χ1n) is 6.95. The van der Waals surface area contributed by atoms with Crippen LogP contribution in [0.2, 0.25) is 6.82 Å². The van der Waals surface area contributed by atoms with Crippen molar-refractivity contribution in [2.24, 2.45) is 9.41 Å². The summed E-state index contributed by atoms with van der Waals surface area (Å²) in [6, 6.07) is 9.86. The van der Waals surface area contributed by atoms with Gasteiger partial charge in [-0.25, -0.2) is 14.3 Å². The predicted molar refractivity (Wildman–Crippen MR) is 92.1 cm³/mol. The first kappa shape index (κ1) is 17.1. The highest BCUT2D eigenvalue weighted by molar-refractivity contribution is 7.93. The second-order valence-electron chi connectivity index (χ2n) is 5.76. The lowest BCUT2D eigenvalue weighted by molar-refractivity contribution is 0.0823. The Morgan fingerprint density at radius 1 is 1.41 bits per heavy atom. The summed E-state index contributed by atoms with van der Waals surface area (Å²) >= 11 is 1.14. The Bertz CT molecular complexity index is 747. The zero-order valence-corrected chi connectivity index (χ0v) is 14.5. The maximum atomic E-state index is 12.6. The minimum atomic E-state index is -3.05. The molecule has 0 amide bonds. The maximum absolute atomic E-state index is 12.6. The molecule has 2 aromatic rings. The van der Waals surface area contributed by atoms with Crippen molar-refractivity contribution in [3.8, 4) is 0 Å². The second-order valence-corrected chi connectivity index (χ2v) is 8.79. The number of rotatable bonds is 5. The van der Waals surface area contributed by atoms with Crippen molar-refractivity contribution in [1.82, 2.24) is 4.98 Å². The Hall–Kier alpha value is -1.22. The Labute approximate surface area is 136 Å². The van der Waals surface area contributed by atoms with Crippen molar-refractivity contribution in [2.45, 2.75) is 36.9 Å². The van der Waals surface area contributed by atoms with Gasteiger partial charge in [-0.2, -0.15) is 0 Å². The highest BCUT2D eigenvalue weighted by Crippen LogP contribution is 2.28. The van der Waals surface area contributed by atoms with Gasteiger partial charge in [-0.1, -0.05) is 42.7 Å². The Morgan fingerprint density at radius 2 is 2.05 bits per heavy atom. The topological polar surface area (TPSA) is 88.6 Å². The molecule has 118 valence electrons. The summed E-state index contributed by atoms with van der Waals surface area (Å²) in [6.45, 7) is 4.99. The normalized spacial score (nSPS) is 14.4. The van der Waals surface area contributed by atoms with Gasteiger partial charge in [-0.3, -0.25) is 4.27 Å². The summed E-state index contributed by atoms with van der Waals surface area (Å²) in [5.41, 5.74) is 0.0893. The van der Waals surface area contributed by atoms with Crippen LogP contribution in [0.1, 0.15) is 24.3 Å². The molecular weight excluding hydrogens is 317 g/mol. The molecule has 8 heteroatoms. The van der Waals surface area contributed by atoms with Crippen molar-refractivity contribution in [1.29, 1.82) is 0 Å². The fraction of sp³-hybridized carbons (Fsp3) is 0.357. The van der Waals surface area contributed by atoms with Gasteiger partial charge in [0.1, 0.15) is 9.92 Å². The van der Waals surface area contributed by atoms with Crippen molar-refractivity contribution >= 4 is 28.1 Å². The van der Waals surface area contributed by atoms with E-state index in [1.165, 1.54) is 6.20 Å². The highest BCUT2D eigenvalue weighted by Gasteiger charge is 2.23. The van der Waals surface area contributed by atoms with Gasteiger partial charge < -0.3 is 5.11 Å². The van der Waals surface area contributed by atoms with Crippen molar-refractivity contribution in [3.63, 3.8) is 0 Å². The van der Waals surface area contributed by atoms with E-state index in [9.17, 15) is 9.32 Å². The van der Waals surface area contributed by atoms with Gasteiger partial charge in [-0.05, 0) is 20.2 Å². The molecule has 0 spiro atoms. The van der Waals surface area contributed by atoms with Crippen LogP contribution in [-0.4, -0.2) is 21.1 Å². The third-order valence-corrected chi connectivity index (χ3v) is 6.40. The van der Waals surface area contributed by atoms with E-state index in [-0.39, 0.29) is 11.2 Å². The first-order chi connectivity index (χ1) is 10.2. The first-order valence-corrected chi connectivity index (χ1v) is 9.34. The van der Waals surface area contributed by atoms with Crippen molar-refractivity contribution < 1.29 is 9.32 Å². The minimum Gasteiger partial charge on any atom is -0.385 e. The SMILES string of the molecule is CB(Cc1ccccc1)N=S(N)(=O)c1ncc(C(C)(C)O)s1. The molecule has 5 nitrogen and oxygen atoms in total. The Morgan fingerprint density at radius 3 is 2.59 bits per heavy atom. The molecule has 1 aromatic carbocycles. The fourth-order valence-corrected chi connectivity index (χ4v) is 4.41. The lowest BCUT2D eigenvalue weighted by Gasteiger charge is -2.13. The van der Waals surface area contributed by atoms with Gasteiger partial charge in [0.2, 0.25) is 4.34 Å². The van der Waals surface area contributed by atoms with Crippen molar-refractivity contribution in [2.75, 3.05) is 0 Å². The summed E-state index contributed by atoms with van der Waals surface area (Å²) in [5.74, 6) is 0. The average Bonchev–Trinajstić information content (AvgIpc) is 2.89. The standard InChI is InChI=1S/C14H20BN3O2S2/c1-14(2,19)12-10-17-13(21-12)22(16,20)18-15(3)9-11-7-5-4-6-8-11/h4-8,10,19H,9H2,1-3H3,(H2,16,18,20). The summed E-state index contributed by atoms with van der Waals surface area (Å²) in [4.78, 5) is 4.70. The van der Waals surface area contributed by atoms with Crippen LogP contribution in [0.3, 0.4) is 0 Å². The number of benzene rings is 1. The number of aromatic nitrogens is 1. The molecule has 0 aliphatic heterocycles. The summed E-state index contributed by atoms with van der Waals surface area (Å²) in [6.07, 6.45) is 2.17. The fourth-order valence-electron chi connectivity index (χ4n) is 1.98. The number of nitrogens with two attached hydrogens (primary N) is 1. The van der Waals surface area contributed by atoms with E-state index in [1.807, 2.05) is 37.2 Å². The molecule has 1 aromatic heterocycles. The smallest absolute Gasteiger partial charge is 0.295 e. The van der Waals surface area contributed by atoms with E-state index < -0.39 is 15.5 Å². The molecular formula is C14H20BN3O2S2. The highest BCUT2D eigenvalue weighted by atomic mass is 32.2. The van der Waals surface area contributed by atoms with Gasteiger partial charge in [0.25, 0.3) is 6.85 Å². The zero-order valence-electron chi connectivity index (χ0n) is 12.9. The number of nitrogens with zero attached hydrogens (tertiary/aromatic N) is 2. The molecule has 0 saturated heterocycles. The van der Waals surface area contributed by atoms with Crippen LogP contribution in [0.4, 0.5) is 0 Å². The van der Waals surface area contributed by atoms with E-state index in [2.05, 4.69) is 9.26 Å². The molecule has 0 aliphatic carbocycles. The summed E-state index contributed by atoms with van der Waals surface area (Å²) in [5, 5.41) is 15.8. The van der Waals surface area contributed by atoms with Crippen LogP contribution in [0.5, 0.6) is 0 Å². The number of thiazole rings is 1. The number of hydrogen-bond acceptors (Lipinski definition) is 5. The third-order valence-electron chi connectivity index (χ3n) is 3.05. The van der Waals surface area contributed by atoms with Gasteiger partial charge >= 0.3 is 0 Å². The Balaban J connectivity index is 2.22. The minimum absolute atomic E-state index is 0.186. The van der Waals surface area contributed by atoms with Crippen molar-refractivity contribution in [3.05, 3.63) is 47.0 Å². The molecule has 1 atom stereocenters. The summed E-state index contributed by atoms with van der Waals surface area (Å²) < 4.78 is 17.1. The number of aliphatic hydroxyl groups is 1. The molecule has 2 rings (SSSR count). The molecule has 22 heavy (non-hydrogen) atoms. The largest absolute Gasteiger partial charge is 0.385 e. The van der Waals surface area contributed by atoms with Gasteiger partial charge in [0.15, 0.2) is 0 Å². The molecule has 0 fully saturated rings. The number of hydrogen-bond donors (Lipinski definition) is 2. The average molecular weight is 337 g/mol. The predicted octanol–water partition coefficient (Wildman–Crippen LogP) is 2.47. The third kappa shape index (κ3) is 4.39. The molecule has 1 unspecified atom stereocenters. The molecule has 1 heterocycles. The van der Waals surface area contributed by atoms with Crippen LogP contribution in [0, 0.1) is 0 Å². The van der Waals surface area contributed by atoms with E-state index in [1.54, 1.807) is 13.8 Å². The second kappa shape index (κ2) is 6.50. The van der Waals surface area contributed by atoms with Crippen LogP contribution in [0.15, 0.2) is 45.1 Å². The zero-order chi connectivity index (χ0) is 16.4. The van der Waals surface area contributed by atoms with E-state index in [4.69, 9.17) is 5.14 Å². The van der Waals surface area contributed by atoms with Gasteiger partial charge in [-0.15, -0.1) is 11.3 Å². The van der Waals surface area contributed by atoms with Gasteiger partial charge in [0.05, 0.1) is 10.5 Å². The van der Waals surface area contributed by atoms with E-state index in [0.29, 0.717) is 11.2 Å². The van der Waals surface area contributed by atoms with E-state index >= 15 is 0 Å². The van der Waals surface area contributed by atoms with E-state index in [0.717, 1.165) is 16.9 Å². The lowest BCUT2D eigenvalue weighted by Crippen LogP contribution is -2.19. The molecule has 0 bridgehead atoms. The monoisotopic (exact) mass is 337 g/mol. The summed E-state index contributed by atoms with van der Waals surface area (Å²) in [7, 11) is -3.05. The van der Waals surface area contributed by atoms with Crippen LogP contribution >= 0.6 is 11.3 Å².